The summed E-state index contributed by atoms with van der Waals surface area (Å²) in [6.45, 7) is 6.26. The van der Waals surface area contributed by atoms with Crippen LogP contribution in [0.2, 0.25) is 0 Å². The summed E-state index contributed by atoms with van der Waals surface area (Å²) in [6.07, 6.45) is 4.28. The van der Waals surface area contributed by atoms with E-state index in [0.717, 1.165) is 30.6 Å². The van der Waals surface area contributed by atoms with Crippen LogP contribution < -0.4 is 4.74 Å². The molecule has 0 radical (unpaired) electrons. The van der Waals surface area contributed by atoms with Gasteiger partial charge in [0.15, 0.2) is 0 Å². The summed E-state index contributed by atoms with van der Waals surface area (Å²) in [6, 6.07) is 7.95. The van der Waals surface area contributed by atoms with Gasteiger partial charge in [-0.3, -0.25) is 0 Å². The van der Waals surface area contributed by atoms with Gasteiger partial charge in [0.05, 0.1) is 11.7 Å². The highest BCUT2D eigenvalue weighted by molar-refractivity contribution is 5.31. The monoisotopic (exact) mass is 248 g/mol. The Labute approximate surface area is 110 Å². The van der Waals surface area contributed by atoms with Gasteiger partial charge in [0.1, 0.15) is 5.75 Å². The number of hydrogen-bond acceptors (Lipinski definition) is 2. The fraction of sp³-hybridized carbons (Fsp3) is 0.625. The Balaban J connectivity index is 2.13. The molecule has 0 heterocycles. The Kier molecular flexibility index (Phi) is 3.96. The van der Waals surface area contributed by atoms with E-state index in [1.807, 2.05) is 38.1 Å². The summed E-state index contributed by atoms with van der Waals surface area (Å²) >= 11 is 0. The van der Waals surface area contributed by atoms with Crippen LogP contribution in [0.25, 0.3) is 0 Å². The first-order valence-electron chi connectivity index (χ1n) is 6.99. The largest absolute Gasteiger partial charge is 0.491 e. The topological polar surface area (TPSA) is 29.5 Å². The van der Waals surface area contributed by atoms with Gasteiger partial charge >= 0.3 is 0 Å². The van der Waals surface area contributed by atoms with Crippen molar-refractivity contribution in [2.45, 2.75) is 58.2 Å². The van der Waals surface area contributed by atoms with E-state index in [2.05, 4.69) is 6.92 Å². The summed E-state index contributed by atoms with van der Waals surface area (Å²) in [5.41, 5.74) is 0.402. The average molecular weight is 248 g/mol. The van der Waals surface area contributed by atoms with E-state index in [1.165, 1.54) is 6.42 Å². The lowest BCUT2D eigenvalue weighted by atomic mass is 9.75. The molecule has 1 N–H and O–H groups in total. The highest BCUT2D eigenvalue weighted by atomic mass is 16.5. The summed E-state index contributed by atoms with van der Waals surface area (Å²) in [4.78, 5) is 0. The molecule has 1 aromatic rings. The van der Waals surface area contributed by atoms with Crippen molar-refractivity contribution < 1.29 is 9.84 Å². The highest BCUT2D eigenvalue weighted by Gasteiger charge is 2.34. The third-order valence-corrected chi connectivity index (χ3v) is 3.74. The van der Waals surface area contributed by atoms with Crippen molar-refractivity contribution in [1.29, 1.82) is 0 Å². The summed E-state index contributed by atoms with van der Waals surface area (Å²) < 4.78 is 5.63. The smallest absolute Gasteiger partial charge is 0.119 e. The van der Waals surface area contributed by atoms with Gasteiger partial charge in [-0.25, -0.2) is 0 Å². The van der Waals surface area contributed by atoms with E-state index < -0.39 is 5.60 Å². The molecule has 2 unspecified atom stereocenters. The molecule has 1 aromatic carbocycles. The maximum atomic E-state index is 10.7. The van der Waals surface area contributed by atoms with Gasteiger partial charge in [0, 0.05) is 0 Å². The molecule has 2 rings (SSSR count). The number of rotatable bonds is 3. The minimum atomic E-state index is -0.631. The van der Waals surface area contributed by atoms with Crippen LogP contribution >= 0.6 is 0 Å². The second kappa shape index (κ2) is 5.31. The third kappa shape index (κ3) is 3.05. The zero-order valence-electron chi connectivity index (χ0n) is 11.6. The van der Waals surface area contributed by atoms with Crippen LogP contribution in [-0.4, -0.2) is 11.2 Å². The molecule has 100 valence electrons. The minimum absolute atomic E-state index is 0.189. The first kappa shape index (κ1) is 13.4. The Bertz CT molecular complexity index is 383. The van der Waals surface area contributed by atoms with E-state index in [1.54, 1.807) is 0 Å². The molecule has 2 nitrogen and oxygen atoms in total. The Morgan fingerprint density at radius 2 is 1.94 bits per heavy atom. The van der Waals surface area contributed by atoms with Crippen LogP contribution in [0.1, 0.15) is 52.0 Å². The van der Waals surface area contributed by atoms with Gasteiger partial charge in [-0.05, 0) is 56.7 Å². The molecular weight excluding hydrogens is 224 g/mol. The molecule has 18 heavy (non-hydrogen) atoms. The quantitative estimate of drug-likeness (QED) is 0.879. The molecule has 1 fully saturated rings. The Morgan fingerprint density at radius 1 is 1.28 bits per heavy atom. The number of hydrogen-bond donors (Lipinski definition) is 1. The van der Waals surface area contributed by atoms with Gasteiger partial charge < -0.3 is 9.84 Å². The Morgan fingerprint density at radius 3 is 2.50 bits per heavy atom. The third-order valence-electron chi connectivity index (χ3n) is 3.74. The summed E-state index contributed by atoms with van der Waals surface area (Å²) in [5.74, 6) is 1.48. The van der Waals surface area contributed by atoms with E-state index in [9.17, 15) is 5.11 Å². The second-order valence-electron chi connectivity index (χ2n) is 5.92. The van der Waals surface area contributed by atoms with Crippen molar-refractivity contribution in [3.63, 3.8) is 0 Å². The van der Waals surface area contributed by atoms with Gasteiger partial charge in [-0.15, -0.1) is 0 Å². The van der Waals surface area contributed by atoms with Gasteiger partial charge in [0.25, 0.3) is 0 Å². The van der Waals surface area contributed by atoms with E-state index in [4.69, 9.17) is 4.74 Å². The van der Waals surface area contributed by atoms with Crippen LogP contribution in [0.15, 0.2) is 24.3 Å². The van der Waals surface area contributed by atoms with Crippen molar-refractivity contribution in [2.24, 2.45) is 5.92 Å². The molecule has 0 saturated heterocycles. The Hall–Kier alpha value is -1.02. The standard InChI is InChI=1S/C16H24O2/c1-12(2)18-15-8-6-14(7-9-15)16(17)10-4-5-13(3)11-16/h6-9,12-13,17H,4-5,10-11H2,1-3H3. The second-order valence-corrected chi connectivity index (χ2v) is 5.92. The maximum absolute atomic E-state index is 10.7. The summed E-state index contributed by atoms with van der Waals surface area (Å²) in [5, 5.41) is 10.7. The lowest BCUT2D eigenvalue weighted by Crippen LogP contribution is -2.31. The van der Waals surface area contributed by atoms with Gasteiger partial charge in [-0.2, -0.15) is 0 Å². The molecule has 2 atom stereocenters. The van der Waals surface area contributed by atoms with Crippen LogP contribution in [-0.2, 0) is 5.60 Å². The SMILES string of the molecule is CC1CCCC(O)(c2ccc(OC(C)C)cc2)C1. The minimum Gasteiger partial charge on any atom is -0.491 e. The number of ether oxygens (including phenoxy) is 1. The number of aliphatic hydroxyl groups is 1. The molecule has 2 heteroatoms. The molecule has 1 saturated carbocycles. The molecule has 1 aliphatic rings. The van der Waals surface area contributed by atoms with Gasteiger partial charge in [0.2, 0.25) is 0 Å². The maximum Gasteiger partial charge on any atom is 0.119 e. The van der Waals surface area contributed by atoms with Gasteiger partial charge in [-0.1, -0.05) is 25.5 Å². The normalized spacial score (nSPS) is 28.4. The van der Waals surface area contributed by atoms with Crippen LogP contribution in [0, 0.1) is 5.92 Å². The zero-order chi connectivity index (χ0) is 13.2. The molecule has 0 aromatic heterocycles. The molecule has 0 bridgehead atoms. The fourth-order valence-corrected chi connectivity index (χ4v) is 2.90. The average Bonchev–Trinajstić information content (AvgIpc) is 2.28. The summed E-state index contributed by atoms with van der Waals surface area (Å²) in [7, 11) is 0. The van der Waals surface area contributed by atoms with Crippen molar-refractivity contribution in [1.82, 2.24) is 0 Å². The van der Waals surface area contributed by atoms with E-state index in [-0.39, 0.29) is 6.10 Å². The van der Waals surface area contributed by atoms with Crippen LogP contribution in [0.4, 0.5) is 0 Å². The van der Waals surface area contributed by atoms with Crippen molar-refractivity contribution in [3.8, 4) is 5.75 Å². The van der Waals surface area contributed by atoms with E-state index in [0.29, 0.717) is 5.92 Å². The lowest BCUT2D eigenvalue weighted by molar-refractivity contribution is -0.0179. The van der Waals surface area contributed by atoms with Crippen molar-refractivity contribution in [3.05, 3.63) is 29.8 Å². The molecule has 0 spiro atoms. The first-order chi connectivity index (χ1) is 8.49. The zero-order valence-corrected chi connectivity index (χ0v) is 11.6. The molecule has 0 aliphatic heterocycles. The lowest BCUT2D eigenvalue weighted by Gasteiger charge is -2.36. The van der Waals surface area contributed by atoms with Crippen molar-refractivity contribution >= 4 is 0 Å². The van der Waals surface area contributed by atoms with Crippen molar-refractivity contribution in [2.75, 3.05) is 0 Å². The molecule has 0 amide bonds. The predicted octanol–water partition coefficient (Wildman–Crippen LogP) is 3.87. The molecule has 1 aliphatic carbocycles. The number of benzene rings is 1. The highest BCUT2D eigenvalue weighted by Crippen LogP contribution is 2.40. The molecular formula is C16H24O2. The first-order valence-corrected chi connectivity index (χ1v) is 6.99. The predicted molar refractivity (Wildman–Crippen MR) is 73.7 cm³/mol. The fourth-order valence-electron chi connectivity index (χ4n) is 2.90. The van der Waals surface area contributed by atoms with E-state index >= 15 is 0 Å². The van der Waals surface area contributed by atoms with Crippen LogP contribution in [0.3, 0.4) is 0 Å². The van der Waals surface area contributed by atoms with Crippen LogP contribution in [0.5, 0.6) is 5.75 Å².